The summed E-state index contributed by atoms with van der Waals surface area (Å²) in [7, 11) is 0. The van der Waals surface area contributed by atoms with Crippen molar-refractivity contribution in [2.24, 2.45) is 0 Å². The Hall–Kier alpha value is -3.04. The number of aliphatic hydroxyl groups excluding tert-OH is 1. The topological polar surface area (TPSA) is 89.1 Å². The van der Waals surface area contributed by atoms with Gasteiger partial charge in [-0.1, -0.05) is 30.3 Å². The molecule has 35 heavy (non-hydrogen) atoms. The highest BCUT2D eigenvalue weighted by Crippen LogP contribution is 2.51. The fourth-order valence-corrected chi connectivity index (χ4v) is 4.75. The standard InChI is InChI=1S/C27H28N2O5S/c30-13-15-32-14-12-28-35-23-7-4-19(5-8-23)20-2-1-3-22(16-20)29-26(31)27(10-11-27)21-6-9-24-25(17-21)34-18-33-24/h1-9,16-17,28,30H,10-15,18H2,(H,29,31). The smallest absolute Gasteiger partial charge is 0.235 e. The van der Waals surface area contributed by atoms with Crippen LogP contribution in [-0.2, 0) is 14.9 Å². The molecule has 0 aromatic heterocycles. The van der Waals surface area contributed by atoms with E-state index in [4.69, 9.17) is 19.3 Å². The second kappa shape index (κ2) is 10.7. The maximum absolute atomic E-state index is 13.3. The van der Waals surface area contributed by atoms with Crippen LogP contribution in [0.25, 0.3) is 11.1 Å². The Balaban J connectivity index is 1.20. The number of amides is 1. The molecule has 1 heterocycles. The number of carbonyl (C=O) groups is 1. The highest BCUT2D eigenvalue weighted by Gasteiger charge is 2.51. The lowest BCUT2D eigenvalue weighted by atomic mass is 9.94. The number of nitrogens with one attached hydrogen (secondary N) is 2. The Bertz CT molecular complexity index is 1180. The van der Waals surface area contributed by atoms with E-state index in [0.717, 1.165) is 45.9 Å². The first kappa shape index (κ1) is 23.7. The van der Waals surface area contributed by atoms with Crippen molar-refractivity contribution in [2.45, 2.75) is 23.2 Å². The molecule has 3 aromatic rings. The number of ether oxygens (including phenoxy) is 3. The second-order valence-corrected chi connectivity index (χ2v) is 9.51. The van der Waals surface area contributed by atoms with Crippen LogP contribution in [0.4, 0.5) is 5.69 Å². The summed E-state index contributed by atoms with van der Waals surface area (Å²) in [5.74, 6) is 1.44. The molecule has 3 N–H and O–H groups in total. The Morgan fingerprint density at radius 1 is 0.971 bits per heavy atom. The molecular formula is C27H28N2O5S. The average Bonchev–Trinajstić information content (AvgIpc) is 3.57. The number of benzene rings is 3. The molecule has 0 spiro atoms. The quantitative estimate of drug-likeness (QED) is 0.271. The van der Waals surface area contributed by atoms with Gasteiger partial charge in [0.25, 0.3) is 0 Å². The van der Waals surface area contributed by atoms with E-state index >= 15 is 0 Å². The first-order valence-electron chi connectivity index (χ1n) is 11.7. The third kappa shape index (κ3) is 5.46. The van der Waals surface area contributed by atoms with Crippen LogP contribution in [-0.4, -0.2) is 44.2 Å². The first-order chi connectivity index (χ1) is 17.2. The van der Waals surface area contributed by atoms with Crippen LogP contribution in [0.15, 0.2) is 71.6 Å². The highest BCUT2D eigenvalue weighted by atomic mass is 32.2. The Kier molecular flexibility index (Phi) is 7.24. The maximum atomic E-state index is 13.3. The number of aliphatic hydroxyl groups is 1. The predicted octanol–water partition coefficient (Wildman–Crippen LogP) is 4.36. The molecule has 1 aliphatic carbocycles. The number of hydrogen-bond acceptors (Lipinski definition) is 7. The van der Waals surface area contributed by atoms with Gasteiger partial charge in [-0.2, -0.15) is 0 Å². The molecule has 5 rings (SSSR count). The summed E-state index contributed by atoms with van der Waals surface area (Å²) < 4.78 is 19.4. The van der Waals surface area contributed by atoms with Crippen LogP contribution in [0.1, 0.15) is 18.4 Å². The van der Waals surface area contributed by atoms with Crippen molar-refractivity contribution in [3.8, 4) is 22.6 Å². The van der Waals surface area contributed by atoms with Gasteiger partial charge in [0.05, 0.1) is 25.2 Å². The lowest BCUT2D eigenvalue weighted by Gasteiger charge is -2.17. The minimum Gasteiger partial charge on any atom is -0.454 e. The van der Waals surface area contributed by atoms with Crippen LogP contribution in [0.3, 0.4) is 0 Å². The molecule has 8 heteroatoms. The number of fused-ring (bicyclic) bond motifs is 1. The monoisotopic (exact) mass is 492 g/mol. The van der Waals surface area contributed by atoms with E-state index in [1.807, 2.05) is 42.5 Å². The number of anilines is 1. The zero-order valence-electron chi connectivity index (χ0n) is 19.3. The van der Waals surface area contributed by atoms with Crippen molar-refractivity contribution < 1.29 is 24.1 Å². The summed E-state index contributed by atoms with van der Waals surface area (Å²) in [6, 6.07) is 22.0. The lowest BCUT2D eigenvalue weighted by molar-refractivity contribution is -0.118. The SMILES string of the molecule is O=C(Nc1cccc(-c2ccc(SNCCOCCO)cc2)c1)C1(c2ccc3c(c2)OCO3)CC1. The van der Waals surface area contributed by atoms with Gasteiger partial charge in [-0.05, 0) is 77.9 Å². The molecule has 0 unspecified atom stereocenters. The van der Waals surface area contributed by atoms with Gasteiger partial charge in [0.15, 0.2) is 11.5 Å². The molecule has 0 radical (unpaired) electrons. The van der Waals surface area contributed by atoms with Gasteiger partial charge in [-0.25, -0.2) is 0 Å². The van der Waals surface area contributed by atoms with Gasteiger partial charge < -0.3 is 24.6 Å². The number of hydrogen-bond donors (Lipinski definition) is 3. The minimum atomic E-state index is -0.508. The average molecular weight is 493 g/mol. The van der Waals surface area contributed by atoms with Crippen LogP contribution in [0.2, 0.25) is 0 Å². The van der Waals surface area contributed by atoms with E-state index in [9.17, 15) is 4.79 Å². The van der Waals surface area contributed by atoms with Gasteiger partial charge in [-0.15, -0.1) is 0 Å². The molecule has 1 fully saturated rings. The molecule has 0 bridgehead atoms. The van der Waals surface area contributed by atoms with Gasteiger partial charge in [0, 0.05) is 17.1 Å². The molecule has 1 amide bonds. The number of rotatable bonds is 11. The fraction of sp³-hybridized carbons (Fsp3) is 0.296. The fourth-order valence-electron chi connectivity index (χ4n) is 4.12. The summed E-state index contributed by atoms with van der Waals surface area (Å²) >= 11 is 1.54. The second-order valence-electron chi connectivity index (χ2n) is 8.54. The lowest BCUT2D eigenvalue weighted by Crippen LogP contribution is -2.27. The summed E-state index contributed by atoms with van der Waals surface area (Å²) in [4.78, 5) is 14.4. The van der Waals surface area contributed by atoms with Crippen LogP contribution in [0.5, 0.6) is 11.5 Å². The molecule has 1 aliphatic heterocycles. The van der Waals surface area contributed by atoms with Crippen LogP contribution in [0, 0.1) is 0 Å². The predicted molar refractivity (Wildman–Crippen MR) is 136 cm³/mol. The Morgan fingerprint density at radius 2 is 1.80 bits per heavy atom. The largest absolute Gasteiger partial charge is 0.454 e. The summed E-state index contributed by atoms with van der Waals surface area (Å²) in [6.07, 6.45) is 1.64. The summed E-state index contributed by atoms with van der Waals surface area (Å²) in [5, 5.41) is 11.8. The van der Waals surface area contributed by atoms with E-state index in [0.29, 0.717) is 25.5 Å². The molecule has 182 valence electrons. The highest BCUT2D eigenvalue weighted by molar-refractivity contribution is 7.97. The van der Waals surface area contributed by atoms with E-state index in [1.54, 1.807) is 11.9 Å². The van der Waals surface area contributed by atoms with Crippen molar-refractivity contribution >= 4 is 23.5 Å². The van der Waals surface area contributed by atoms with E-state index in [-0.39, 0.29) is 19.3 Å². The van der Waals surface area contributed by atoms with E-state index in [2.05, 4.69) is 34.3 Å². The summed E-state index contributed by atoms with van der Waals surface area (Å²) in [5.41, 5.74) is 3.36. The van der Waals surface area contributed by atoms with Crippen molar-refractivity contribution in [3.63, 3.8) is 0 Å². The first-order valence-corrected chi connectivity index (χ1v) is 12.5. The van der Waals surface area contributed by atoms with Crippen molar-refractivity contribution in [1.29, 1.82) is 0 Å². The molecule has 3 aromatic carbocycles. The Morgan fingerprint density at radius 3 is 2.60 bits per heavy atom. The zero-order valence-corrected chi connectivity index (χ0v) is 20.1. The zero-order chi connectivity index (χ0) is 24.1. The molecular weight excluding hydrogens is 464 g/mol. The third-order valence-corrected chi connectivity index (χ3v) is 7.05. The van der Waals surface area contributed by atoms with Gasteiger partial charge in [0.1, 0.15) is 0 Å². The molecule has 0 saturated heterocycles. The Labute approximate surface area is 208 Å². The van der Waals surface area contributed by atoms with E-state index in [1.165, 1.54) is 0 Å². The minimum absolute atomic E-state index is 0.00862. The van der Waals surface area contributed by atoms with Gasteiger partial charge >= 0.3 is 0 Å². The van der Waals surface area contributed by atoms with Crippen LogP contribution < -0.4 is 19.5 Å². The van der Waals surface area contributed by atoms with Crippen LogP contribution >= 0.6 is 11.9 Å². The van der Waals surface area contributed by atoms with Crippen molar-refractivity contribution in [1.82, 2.24) is 4.72 Å². The molecule has 0 atom stereocenters. The maximum Gasteiger partial charge on any atom is 0.235 e. The normalized spacial score (nSPS) is 15.1. The molecule has 7 nitrogen and oxygen atoms in total. The summed E-state index contributed by atoms with van der Waals surface area (Å²) in [6.45, 7) is 1.88. The van der Waals surface area contributed by atoms with Crippen molar-refractivity contribution in [3.05, 3.63) is 72.3 Å². The van der Waals surface area contributed by atoms with E-state index < -0.39 is 5.41 Å². The molecule has 2 aliphatic rings. The van der Waals surface area contributed by atoms with Crippen molar-refractivity contribution in [2.75, 3.05) is 38.5 Å². The number of carbonyl (C=O) groups excluding carboxylic acids is 1. The van der Waals surface area contributed by atoms with Gasteiger partial charge in [0.2, 0.25) is 12.7 Å². The third-order valence-electron chi connectivity index (χ3n) is 6.19. The molecule has 1 saturated carbocycles. The van der Waals surface area contributed by atoms with Gasteiger partial charge in [-0.3, -0.25) is 9.52 Å².